The number of aromatic amines is 1. The number of rotatable bonds is 4. The average molecular weight is 264 g/mol. The lowest BCUT2D eigenvalue weighted by molar-refractivity contribution is 0.642. The van der Waals surface area contributed by atoms with Crippen LogP contribution in [0, 0.1) is 0 Å². The lowest BCUT2D eigenvalue weighted by Gasteiger charge is -2.03. The summed E-state index contributed by atoms with van der Waals surface area (Å²) in [6.45, 7) is 0. The molecule has 0 atom stereocenters. The molecule has 2 N–H and O–H groups in total. The summed E-state index contributed by atoms with van der Waals surface area (Å²) in [5.74, 6) is 0.552. The first-order valence-corrected chi connectivity index (χ1v) is 6.45. The third kappa shape index (κ3) is 2.10. The summed E-state index contributed by atoms with van der Waals surface area (Å²) < 4.78 is 1.70. The van der Waals surface area contributed by atoms with Gasteiger partial charge in [0.1, 0.15) is 5.03 Å². The van der Waals surface area contributed by atoms with Gasteiger partial charge in [-0.3, -0.25) is 4.57 Å². The smallest absolute Gasteiger partial charge is 0.344 e. The number of nitrogens with zero attached hydrogens (tertiary/aromatic N) is 4. The molecule has 1 fully saturated rings. The van der Waals surface area contributed by atoms with E-state index in [4.69, 9.17) is 0 Å². The fourth-order valence-corrected chi connectivity index (χ4v) is 2.50. The number of hydrogen-bond acceptors (Lipinski definition) is 6. The summed E-state index contributed by atoms with van der Waals surface area (Å²) in [5.41, 5.74) is -0.150. The molecule has 2 aromatic rings. The molecule has 2 aromatic heterocycles. The minimum atomic E-state index is -0.150. The molecular weight excluding hydrogens is 252 g/mol. The summed E-state index contributed by atoms with van der Waals surface area (Å²) in [4.78, 5) is 20.0. The Balaban J connectivity index is 1.89. The standard InChI is InChI=1S/C10H12N6OS/c1-11-8-12-5-4-7(13-8)18-10-15-14-9(17)16(10)6-2-3-6/h4-6H,2-3H2,1H3,(H,14,17)(H,11,12,13). The van der Waals surface area contributed by atoms with Gasteiger partial charge in [-0.1, -0.05) is 0 Å². The quantitative estimate of drug-likeness (QED) is 0.797. The van der Waals surface area contributed by atoms with E-state index in [9.17, 15) is 4.79 Å². The van der Waals surface area contributed by atoms with Crippen molar-refractivity contribution in [2.45, 2.75) is 29.1 Å². The Morgan fingerprint density at radius 2 is 2.39 bits per heavy atom. The SMILES string of the molecule is CNc1nccc(Sc2n[nH]c(=O)n2C2CC2)n1. The van der Waals surface area contributed by atoms with Crippen LogP contribution >= 0.6 is 11.8 Å². The van der Waals surface area contributed by atoms with Crippen molar-refractivity contribution >= 4 is 17.7 Å². The zero-order valence-corrected chi connectivity index (χ0v) is 10.6. The van der Waals surface area contributed by atoms with Crippen LogP contribution in [0.25, 0.3) is 0 Å². The third-order valence-corrected chi connectivity index (χ3v) is 3.54. The number of H-pyrrole nitrogens is 1. The Morgan fingerprint density at radius 1 is 1.56 bits per heavy atom. The molecule has 8 heteroatoms. The molecule has 1 aliphatic rings. The van der Waals surface area contributed by atoms with Crippen molar-refractivity contribution in [1.82, 2.24) is 24.7 Å². The van der Waals surface area contributed by atoms with Crippen molar-refractivity contribution in [3.63, 3.8) is 0 Å². The molecule has 18 heavy (non-hydrogen) atoms. The maximum Gasteiger partial charge on any atom is 0.344 e. The van der Waals surface area contributed by atoms with Crippen molar-refractivity contribution in [3.05, 3.63) is 22.7 Å². The van der Waals surface area contributed by atoms with Crippen molar-refractivity contribution < 1.29 is 0 Å². The van der Waals surface area contributed by atoms with E-state index < -0.39 is 0 Å². The van der Waals surface area contributed by atoms with Crippen LogP contribution in [0.3, 0.4) is 0 Å². The average Bonchev–Trinajstić information content (AvgIpc) is 3.15. The van der Waals surface area contributed by atoms with Crippen LogP contribution in [0.15, 0.2) is 27.2 Å². The van der Waals surface area contributed by atoms with E-state index in [0.29, 0.717) is 17.1 Å². The molecule has 0 unspecified atom stereocenters. The van der Waals surface area contributed by atoms with Gasteiger partial charge in [-0.25, -0.2) is 19.9 Å². The molecule has 0 aromatic carbocycles. The normalized spacial score (nSPS) is 14.7. The van der Waals surface area contributed by atoms with Gasteiger partial charge in [-0.05, 0) is 30.7 Å². The van der Waals surface area contributed by atoms with E-state index in [1.165, 1.54) is 11.8 Å². The molecule has 7 nitrogen and oxygen atoms in total. The number of hydrogen-bond donors (Lipinski definition) is 2. The molecule has 0 radical (unpaired) electrons. The van der Waals surface area contributed by atoms with Crippen LogP contribution < -0.4 is 11.0 Å². The van der Waals surface area contributed by atoms with Gasteiger partial charge < -0.3 is 5.32 Å². The molecule has 0 bridgehead atoms. The van der Waals surface area contributed by atoms with Crippen molar-refractivity contribution in [2.75, 3.05) is 12.4 Å². The van der Waals surface area contributed by atoms with Gasteiger partial charge in [0, 0.05) is 19.3 Å². The van der Waals surface area contributed by atoms with Crippen molar-refractivity contribution in [3.8, 4) is 0 Å². The van der Waals surface area contributed by atoms with E-state index in [0.717, 1.165) is 17.9 Å². The zero-order valence-electron chi connectivity index (χ0n) is 9.75. The Labute approximate surface area is 107 Å². The van der Waals surface area contributed by atoms with Crippen LogP contribution in [0.2, 0.25) is 0 Å². The summed E-state index contributed by atoms with van der Waals surface area (Å²) >= 11 is 1.36. The van der Waals surface area contributed by atoms with Crippen LogP contribution in [0.5, 0.6) is 0 Å². The predicted molar refractivity (Wildman–Crippen MR) is 66.8 cm³/mol. The van der Waals surface area contributed by atoms with Gasteiger partial charge in [0.15, 0.2) is 5.16 Å². The second kappa shape index (κ2) is 4.45. The van der Waals surface area contributed by atoms with E-state index in [1.54, 1.807) is 23.9 Å². The fraction of sp³-hybridized carbons (Fsp3) is 0.400. The van der Waals surface area contributed by atoms with Gasteiger partial charge in [0.2, 0.25) is 5.95 Å². The zero-order chi connectivity index (χ0) is 12.5. The second-order valence-electron chi connectivity index (χ2n) is 3.98. The lowest BCUT2D eigenvalue weighted by atomic mass is 10.7. The summed E-state index contributed by atoms with van der Waals surface area (Å²) in [5, 5.41) is 10.8. The number of anilines is 1. The minimum absolute atomic E-state index is 0.150. The first-order valence-electron chi connectivity index (χ1n) is 5.63. The Morgan fingerprint density at radius 3 is 3.11 bits per heavy atom. The first-order chi connectivity index (χ1) is 8.78. The monoisotopic (exact) mass is 264 g/mol. The van der Waals surface area contributed by atoms with E-state index >= 15 is 0 Å². The van der Waals surface area contributed by atoms with Crippen LogP contribution in [-0.2, 0) is 0 Å². The molecule has 94 valence electrons. The van der Waals surface area contributed by atoms with Crippen molar-refractivity contribution in [2.24, 2.45) is 0 Å². The molecule has 3 rings (SSSR count). The summed E-state index contributed by atoms with van der Waals surface area (Å²) in [6.07, 6.45) is 3.75. The van der Waals surface area contributed by atoms with Gasteiger partial charge in [-0.15, -0.1) is 5.10 Å². The number of nitrogens with one attached hydrogen (secondary N) is 2. The van der Waals surface area contributed by atoms with E-state index in [1.807, 2.05) is 0 Å². The maximum absolute atomic E-state index is 11.6. The third-order valence-electron chi connectivity index (χ3n) is 2.63. The predicted octanol–water partition coefficient (Wildman–Crippen LogP) is 0.889. The Kier molecular flexibility index (Phi) is 2.78. The fourth-order valence-electron chi connectivity index (χ4n) is 1.63. The summed E-state index contributed by atoms with van der Waals surface area (Å²) in [6, 6.07) is 2.09. The minimum Gasteiger partial charge on any atom is -0.357 e. The Bertz CT molecular complexity index is 617. The topological polar surface area (TPSA) is 88.5 Å². The van der Waals surface area contributed by atoms with E-state index in [-0.39, 0.29) is 5.69 Å². The second-order valence-corrected chi connectivity index (χ2v) is 4.97. The van der Waals surface area contributed by atoms with Gasteiger partial charge >= 0.3 is 5.69 Å². The summed E-state index contributed by atoms with van der Waals surface area (Å²) in [7, 11) is 1.76. The van der Waals surface area contributed by atoms with Crippen LogP contribution in [0.4, 0.5) is 5.95 Å². The van der Waals surface area contributed by atoms with Crippen molar-refractivity contribution in [1.29, 1.82) is 0 Å². The van der Waals surface area contributed by atoms with Gasteiger partial charge in [-0.2, -0.15) is 0 Å². The molecule has 0 spiro atoms. The molecule has 1 saturated carbocycles. The maximum atomic E-state index is 11.6. The largest absolute Gasteiger partial charge is 0.357 e. The molecule has 1 aliphatic carbocycles. The Hall–Kier alpha value is -1.83. The van der Waals surface area contributed by atoms with Crippen LogP contribution in [-0.4, -0.2) is 31.8 Å². The van der Waals surface area contributed by atoms with Crippen LogP contribution in [0.1, 0.15) is 18.9 Å². The highest BCUT2D eigenvalue weighted by atomic mass is 32.2. The molecule has 0 saturated heterocycles. The highest BCUT2D eigenvalue weighted by molar-refractivity contribution is 7.99. The van der Waals surface area contributed by atoms with Gasteiger partial charge in [0.05, 0.1) is 0 Å². The molecular formula is C10H12N6OS. The van der Waals surface area contributed by atoms with E-state index in [2.05, 4.69) is 25.5 Å². The molecule has 0 aliphatic heterocycles. The molecule has 0 amide bonds. The highest BCUT2D eigenvalue weighted by Gasteiger charge is 2.28. The lowest BCUT2D eigenvalue weighted by Crippen LogP contribution is -2.16. The highest BCUT2D eigenvalue weighted by Crippen LogP contribution is 2.37. The van der Waals surface area contributed by atoms with Gasteiger partial charge in [0.25, 0.3) is 0 Å². The first kappa shape index (κ1) is 11.3. The number of aromatic nitrogens is 5. The molecule has 2 heterocycles.